The molecule has 0 saturated carbocycles. The smallest absolute Gasteiger partial charge is 0.190 e. The highest BCUT2D eigenvalue weighted by Gasteiger charge is 1.96. The van der Waals surface area contributed by atoms with Gasteiger partial charge in [0.15, 0.2) is 5.96 Å². The first-order valence-corrected chi connectivity index (χ1v) is 6.94. The zero-order valence-corrected chi connectivity index (χ0v) is 12.5. The predicted molar refractivity (Wildman–Crippen MR) is 77.8 cm³/mol. The molecule has 0 atom stereocenters. The van der Waals surface area contributed by atoms with Gasteiger partial charge in [0.2, 0.25) is 0 Å². The van der Waals surface area contributed by atoms with E-state index >= 15 is 0 Å². The summed E-state index contributed by atoms with van der Waals surface area (Å²) in [6, 6.07) is 0. The first kappa shape index (κ1) is 18.1. The third-order valence-corrected chi connectivity index (χ3v) is 2.38. The van der Waals surface area contributed by atoms with E-state index in [0.717, 1.165) is 51.7 Å². The molecule has 0 aliphatic rings. The summed E-state index contributed by atoms with van der Waals surface area (Å²) in [4.78, 5) is 4.15. The molecule has 0 fully saturated rings. The summed E-state index contributed by atoms with van der Waals surface area (Å²) in [6.45, 7) is 7.31. The van der Waals surface area contributed by atoms with Crippen molar-refractivity contribution in [2.75, 3.05) is 60.3 Å². The molecule has 2 N–H and O–H groups in total. The summed E-state index contributed by atoms with van der Waals surface area (Å²) in [5, 5.41) is 6.48. The van der Waals surface area contributed by atoms with Crippen LogP contribution in [0.4, 0.5) is 0 Å². The quantitative estimate of drug-likeness (QED) is 0.311. The minimum atomic E-state index is 0.649. The Morgan fingerprint density at radius 3 is 2.11 bits per heavy atom. The third kappa shape index (κ3) is 13.4. The molecule has 0 heterocycles. The second-order valence-electron chi connectivity index (χ2n) is 3.93. The van der Waals surface area contributed by atoms with Gasteiger partial charge in [-0.15, -0.1) is 0 Å². The Balaban J connectivity index is 3.35. The van der Waals surface area contributed by atoms with Crippen molar-refractivity contribution >= 4 is 5.96 Å². The van der Waals surface area contributed by atoms with Crippen molar-refractivity contribution < 1.29 is 14.2 Å². The van der Waals surface area contributed by atoms with E-state index in [4.69, 9.17) is 14.2 Å². The lowest BCUT2D eigenvalue weighted by atomic mass is 10.4. The van der Waals surface area contributed by atoms with E-state index in [2.05, 4.69) is 15.6 Å². The summed E-state index contributed by atoms with van der Waals surface area (Å²) in [5.41, 5.74) is 0. The molecule has 19 heavy (non-hydrogen) atoms. The number of ether oxygens (including phenoxy) is 3. The highest BCUT2D eigenvalue weighted by Crippen LogP contribution is 1.83. The van der Waals surface area contributed by atoms with Crippen molar-refractivity contribution in [2.24, 2.45) is 4.99 Å². The molecule has 6 heteroatoms. The molecule has 0 rings (SSSR count). The van der Waals surface area contributed by atoms with Crippen molar-refractivity contribution in [1.82, 2.24) is 10.6 Å². The molecule has 0 aliphatic carbocycles. The lowest BCUT2D eigenvalue weighted by Crippen LogP contribution is -2.38. The molecule has 0 aromatic rings. The van der Waals surface area contributed by atoms with E-state index < -0.39 is 0 Å². The van der Waals surface area contributed by atoms with E-state index in [1.807, 2.05) is 6.92 Å². The van der Waals surface area contributed by atoms with Crippen LogP contribution in [0.5, 0.6) is 0 Å². The molecule has 0 amide bonds. The molecule has 0 radical (unpaired) electrons. The second-order valence-corrected chi connectivity index (χ2v) is 3.93. The maximum Gasteiger partial charge on any atom is 0.190 e. The van der Waals surface area contributed by atoms with Crippen molar-refractivity contribution in [2.45, 2.75) is 19.8 Å². The van der Waals surface area contributed by atoms with Crippen LogP contribution in [-0.2, 0) is 14.2 Å². The summed E-state index contributed by atoms with van der Waals surface area (Å²) < 4.78 is 15.5. The zero-order chi connectivity index (χ0) is 14.2. The van der Waals surface area contributed by atoms with E-state index in [0.29, 0.717) is 13.2 Å². The minimum absolute atomic E-state index is 0.649. The maximum atomic E-state index is 5.37. The number of hydrogen-bond acceptors (Lipinski definition) is 4. The monoisotopic (exact) mass is 275 g/mol. The number of aliphatic imine (C=N–C) groups is 1. The molecule has 114 valence electrons. The second kappa shape index (κ2) is 15.2. The number of methoxy groups -OCH3 is 1. The molecule has 6 nitrogen and oxygen atoms in total. The van der Waals surface area contributed by atoms with Crippen molar-refractivity contribution in [3.63, 3.8) is 0 Å². The normalized spacial score (nSPS) is 11.6. The van der Waals surface area contributed by atoms with Crippen LogP contribution in [0.25, 0.3) is 0 Å². The third-order valence-electron chi connectivity index (χ3n) is 2.38. The molecular formula is C13H29N3O3. The molecule has 0 unspecified atom stereocenters. The topological polar surface area (TPSA) is 64.1 Å². The van der Waals surface area contributed by atoms with E-state index in [9.17, 15) is 0 Å². The van der Waals surface area contributed by atoms with E-state index in [1.54, 1.807) is 14.2 Å². The standard InChI is InChI=1S/C13H29N3O3/c1-4-18-9-5-7-15-13(14-2)16-8-6-10-19-12-11-17-3/h4-12H2,1-3H3,(H2,14,15,16). The van der Waals surface area contributed by atoms with Gasteiger partial charge in [-0.2, -0.15) is 0 Å². The Morgan fingerprint density at radius 1 is 0.947 bits per heavy atom. The number of hydrogen-bond donors (Lipinski definition) is 2. The average molecular weight is 275 g/mol. The maximum absolute atomic E-state index is 5.37. The SMILES string of the molecule is CCOCCCNC(=NC)NCCCOCCOC. The Hall–Kier alpha value is -0.850. The average Bonchev–Trinajstić information content (AvgIpc) is 2.44. The number of rotatable bonds is 12. The molecular weight excluding hydrogens is 246 g/mol. The van der Waals surface area contributed by atoms with Gasteiger partial charge in [-0.05, 0) is 19.8 Å². The van der Waals surface area contributed by atoms with Crippen molar-refractivity contribution in [3.05, 3.63) is 0 Å². The van der Waals surface area contributed by atoms with Gasteiger partial charge in [0.25, 0.3) is 0 Å². The van der Waals surface area contributed by atoms with Gasteiger partial charge in [0.1, 0.15) is 0 Å². The van der Waals surface area contributed by atoms with Crippen LogP contribution in [0.1, 0.15) is 19.8 Å². The van der Waals surface area contributed by atoms with Crippen LogP contribution < -0.4 is 10.6 Å². The first-order valence-electron chi connectivity index (χ1n) is 6.94. The van der Waals surface area contributed by atoms with Gasteiger partial charge in [0, 0.05) is 47.1 Å². The highest BCUT2D eigenvalue weighted by atomic mass is 16.5. The van der Waals surface area contributed by atoms with Crippen LogP contribution in [0.15, 0.2) is 4.99 Å². The van der Waals surface area contributed by atoms with E-state index in [1.165, 1.54) is 0 Å². The van der Waals surface area contributed by atoms with Crippen LogP contribution in [0, 0.1) is 0 Å². The first-order chi connectivity index (χ1) is 9.35. The Bertz CT molecular complexity index is 213. The van der Waals surface area contributed by atoms with Gasteiger partial charge in [0.05, 0.1) is 13.2 Å². The Labute approximate surface area is 116 Å². The van der Waals surface area contributed by atoms with Gasteiger partial charge < -0.3 is 24.8 Å². The molecule has 0 spiro atoms. The van der Waals surface area contributed by atoms with Gasteiger partial charge in [-0.25, -0.2) is 0 Å². The van der Waals surface area contributed by atoms with Gasteiger partial charge >= 0.3 is 0 Å². The zero-order valence-electron chi connectivity index (χ0n) is 12.5. The van der Waals surface area contributed by atoms with Crippen LogP contribution in [-0.4, -0.2) is 66.2 Å². The predicted octanol–water partition coefficient (Wildman–Crippen LogP) is 0.631. The fraction of sp³-hybridized carbons (Fsp3) is 0.923. The van der Waals surface area contributed by atoms with Crippen LogP contribution >= 0.6 is 0 Å². The number of nitrogens with one attached hydrogen (secondary N) is 2. The van der Waals surface area contributed by atoms with Crippen molar-refractivity contribution in [3.8, 4) is 0 Å². The Kier molecular flexibility index (Phi) is 14.5. The molecule has 0 aromatic heterocycles. The number of nitrogens with zero attached hydrogens (tertiary/aromatic N) is 1. The van der Waals surface area contributed by atoms with Gasteiger partial charge in [-0.1, -0.05) is 0 Å². The lowest BCUT2D eigenvalue weighted by Gasteiger charge is -2.11. The molecule has 0 bridgehead atoms. The fourth-order valence-corrected chi connectivity index (χ4v) is 1.37. The largest absolute Gasteiger partial charge is 0.382 e. The number of guanidine groups is 1. The van der Waals surface area contributed by atoms with Gasteiger partial charge in [-0.3, -0.25) is 4.99 Å². The molecule has 0 aliphatic heterocycles. The minimum Gasteiger partial charge on any atom is -0.382 e. The molecule has 0 aromatic carbocycles. The lowest BCUT2D eigenvalue weighted by molar-refractivity contribution is 0.0698. The van der Waals surface area contributed by atoms with E-state index in [-0.39, 0.29) is 0 Å². The summed E-state index contributed by atoms with van der Waals surface area (Å²) >= 11 is 0. The van der Waals surface area contributed by atoms with Crippen LogP contribution in [0.2, 0.25) is 0 Å². The van der Waals surface area contributed by atoms with Crippen LogP contribution in [0.3, 0.4) is 0 Å². The fourth-order valence-electron chi connectivity index (χ4n) is 1.37. The highest BCUT2D eigenvalue weighted by molar-refractivity contribution is 5.79. The summed E-state index contributed by atoms with van der Waals surface area (Å²) in [6.07, 6.45) is 1.93. The summed E-state index contributed by atoms with van der Waals surface area (Å²) in [5.74, 6) is 0.827. The van der Waals surface area contributed by atoms with Crippen molar-refractivity contribution in [1.29, 1.82) is 0 Å². The Morgan fingerprint density at radius 2 is 1.58 bits per heavy atom. The summed E-state index contributed by atoms with van der Waals surface area (Å²) in [7, 11) is 3.44. The molecule has 0 saturated heterocycles.